The van der Waals surface area contributed by atoms with Gasteiger partial charge in [-0.3, -0.25) is 0 Å². The van der Waals surface area contributed by atoms with E-state index < -0.39 is 11.9 Å². The molecule has 3 nitrogen and oxygen atoms in total. The second kappa shape index (κ2) is 4.19. The summed E-state index contributed by atoms with van der Waals surface area (Å²) in [5.74, 6) is -0.648. The Labute approximate surface area is 84.8 Å². The number of hydrogen-bond donors (Lipinski definition) is 2. The standard InChI is InChI=1S/C7H8Cl2FN3/c8-6-3(5(12)2-11)1-4(10)7(9)13-6/h1,5H,2,11-12H2/t5-/m0/s1. The Hall–Kier alpha value is -0.420. The van der Waals surface area contributed by atoms with Crippen LogP contribution in [0.1, 0.15) is 11.6 Å². The molecule has 13 heavy (non-hydrogen) atoms. The van der Waals surface area contributed by atoms with Crippen LogP contribution in [0.2, 0.25) is 10.3 Å². The molecule has 1 atom stereocenters. The Bertz CT molecular complexity index is 319. The molecule has 0 amide bonds. The highest BCUT2D eigenvalue weighted by atomic mass is 35.5. The number of rotatable bonds is 2. The summed E-state index contributed by atoms with van der Waals surface area (Å²) in [5.41, 5.74) is 11.2. The van der Waals surface area contributed by atoms with Crippen molar-refractivity contribution in [3.8, 4) is 0 Å². The fourth-order valence-corrected chi connectivity index (χ4v) is 1.31. The molecule has 0 saturated carbocycles. The number of pyridine rings is 1. The molecule has 1 aromatic heterocycles. The maximum absolute atomic E-state index is 12.9. The fourth-order valence-electron chi connectivity index (χ4n) is 0.847. The van der Waals surface area contributed by atoms with E-state index in [2.05, 4.69) is 4.98 Å². The van der Waals surface area contributed by atoms with Crippen molar-refractivity contribution in [3.05, 3.63) is 27.8 Å². The zero-order valence-electron chi connectivity index (χ0n) is 6.60. The van der Waals surface area contributed by atoms with Gasteiger partial charge in [0, 0.05) is 18.2 Å². The molecule has 0 aliphatic carbocycles. The van der Waals surface area contributed by atoms with Crippen molar-refractivity contribution in [2.45, 2.75) is 6.04 Å². The summed E-state index contributed by atoms with van der Waals surface area (Å²) in [4.78, 5) is 3.56. The Balaban J connectivity index is 3.15. The lowest BCUT2D eigenvalue weighted by molar-refractivity contribution is 0.612. The Morgan fingerprint density at radius 3 is 2.62 bits per heavy atom. The molecular formula is C7H8Cl2FN3. The van der Waals surface area contributed by atoms with E-state index >= 15 is 0 Å². The predicted octanol–water partition coefficient (Wildman–Crippen LogP) is 1.49. The minimum Gasteiger partial charge on any atom is -0.329 e. The first kappa shape index (κ1) is 10.7. The van der Waals surface area contributed by atoms with Crippen molar-refractivity contribution < 1.29 is 4.39 Å². The van der Waals surface area contributed by atoms with Gasteiger partial charge in [-0.1, -0.05) is 23.2 Å². The molecule has 0 unspecified atom stereocenters. The van der Waals surface area contributed by atoms with Gasteiger partial charge < -0.3 is 11.5 Å². The molecule has 0 spiro atoms. The summed E-state index contributed by atoms with van der Waals surface area (Å²) in [6.45, 7) is 0.169. The van der Waals surface area contributed by atoms with E-state index in [4.69, 9.17) is 34.7 Å². The van der Waals surface area contributed by atoms with E-state index in [1.807, 2.05) is 0 Å². The second-order valence-corrected chi connectivity index (χ2v) is 3.20. The van der Waals surface area contributed by atoms with Crippen molar-refractivity contribution in [2.75, 3.05) is 6.54 Å². The lowest BCUT2D eigenvalue weighted by Gasteiger charge is -2.10. The van der Waals surface area contributed by atoms with Crippen LogP contribution in [0.4, 0.5) is 4.39 Å². The molecule has 0 bridgehead atoms. The third-order valence-corrected chi connectivity index (χ3v) is 2.14. The maximum Gasteiger partial charge on any atom is 0.166 e. The topological polar surface area (TPSA) is 64.9 Å². The monoisotopic (exact) mass is 223 g/mol. The summed E-state index contributed by atoms with van der Waals surface area (Å²) < 4.78 is 12.9. The first-order chi connectivity index (χ1) is 6.06. The van der Waals surface area contributed by atoms with Crippen molar-refractivity contribution in [2.24, 2.45) is 11.5 Å². The SMILES string of the molecule is NC[C@H](N)c1cc(F)c(Cl)nc1Cl. The van der Waals surface area contributed by atoms with Gasteiger partial charge in [0.05, 0.1) is 0 Å². The highest BCUT2D eigenvalue weighted by Gasteiger charge is 2.13. The molecule has 1 rings (SSSR count). The maximum atomic E-state index is 12.9. The van der Waals surface area contributed by atoms with Gasteiger partial charge in [0.2, 0.25) is 0 Å². The van der Waals surface area contributed by atoms with Gasteiger partial charge in [0.1, 0.15) is 5.15 Å². The summed E-state index contributed by atoms with van der Waals surface area (Å²) in [6, 6.07) is 0.626. The van der Waals surface area contributed by atoms with Crippen LogP contribution in [0.5, 0.6) is 0 Å². The van der Waals surface area contributed by atoms with Crippen LogP contribution in [-0.2, 0) is 0 Å². The summed E-state index contributed by atoms with van der Waals surface area (Å²) in [7, 11) is 0. The van der Waals surface area contributed by atoms with Crippen molar-refractivity contribution in [1.82, 2.24) is 4.98 Å². The first-order valence-electron chi connectivity index (χ1n) is 3.53. The normalized spacial score (nSPS) is 13.0. The van der Waals surface area contributed by atoms with E-state index in [9.17, 15) is 4.39 Å². The molecule has 0 fully saturated rings. The van der Waals surface area contributed by atoms with Crippen LogP contribution < -0.4 is 11.5 Å². The minimum absolute atomic E-state index is 0.0874. The van der Waals surface area contributed by atoms with Gasteiger partial charge in [0.15, 0.2) is 11.0 Å². The predicted molar refractivity (Wildman–Crippen MR) is 50.2 cm³/mol. The van der Waals surface area contributed by atoms with Crippen molar-refractivity contribution in [3.63, 3.8) is 0 Å². The molecule has 0 saturated heterocycles. The Morgan fingerprint density at radius 2 is 2.08 bits per heavy atom. The summed E-state index contributed by atoms with van der Waals surface area (Å²) in [6.07, 6.45) is 0. The van der Waals surface area contributed by atoms with Crippen molar-refractivity contribution in [1.29, 1.82) is 0 Å². The van der Waals surface area contributed by atoms with E-state index in [0.717, 1.165) is 6.07 Å². The number of nitrogens with zero attached hydrogens (tertiary/aromatic N) is 1. The lowest BCUT2D eigenvalue weighted by Crippen LogP contribution is -2.21. The fraction of sp³-hybridized carbons (Fsp3) is 0.286. The third-order valence-electron chi connectivity index (χ3n) is 1.57. The highest BCUT2D eigenvalue weighted by molar-refractivity contribution is 6.33. The van der Waals surface area contributed by atoms with Crippen LogP contribution in [0.15, 0.2) is 6.07 Å². The zero-order chi connectivity index (χ0) is 10.0. The highest BCUT2D eigenvalue weighted by Crippen LogP contribution is 2.23. The molecule has 1 heterocycles. The molecule has 0 aromatic carbocycles. The quantitative estimate of drug-likeness (QED) is 0.748. The molecule has 0 aliphatic rings. The van der Waals surface area contributed by atoms with Crippen LogP contribution in [0.25, 0.3) is 0 Å². The van der Waals surface area contributed by atoms with Gasteiger partial charge >= 0.3 is 0 Å². The van der Waals surface area contributed by atoms with Gasteiger partial charge in [-0.25, -0.2) is 9.37 Å². The minimum atomic E-state index is -0.648. The van der Waals surface area contributed by atoms with E-state index in [-0.39, 0.29) is 16.9 Å². The molecule has 72 valence electrons. The van der Waals surface area contributed by atoms with Crippen LogP contribution in [0, 0.1) is 5.82 Å². The zero-order valence-corrected chi connectivity index (χ0v) is 8.11. The Kier molecular flexibility index (Phi) is 3.44. The largest absolute Gasteiger partial charge is 0.329 e. The van der Waals surface area contributed by atoms with Crippen molar-refractivity contribution >= 4 is 23.2 Å². The van der Waals surface area contributed by atoms with Gasteiger partial charge in [-0.15, -0.1) is 0 Å². The lowest BCUT2D eigenvalue weighted by atomic mass is 10.1. The molecule has 6 heteroatoms. The second-order valence-electron chi connectivity index (χ2n) is 2.48. The summed E-state index contributed by atoms with van der Waals surface area (Å²) >= 11 is 11.1. The van der Waals surface area contributed by atoms with Gasteiger partial charge in [-0.2, -0.15) is 0 Å². The Morgan fingerprint density at radius 1 is 1.46 bits per heavy atom. The number of aromatic nitrogens is 1. The molecule has 4 N–H and O–H groups in total. The number of halogens is 3. The smallest absolute Gasteiger partial charge is 0.166 e. The van der Waals surface area contributed by atoms with Crippen LogP contribution in [0.3, 0.4) is 0 Å². The average Bonchev–Trinajstić information content (AvgIpc) is 2.10. The number of hydrogen-bond acceptors (Lipinski definition) is 3. The van der Waals surface area contributed by atoms with Crippen LogP contribution >= 0.6 is 23.2 Å². The molecule has 0 radical (unpaired) electrons. The molecule has 0 aliphatic heterocycles. The third kappa shape index (κ3) is 2.28. The number of nitrogens with two attached hydrogens (primary N) is 2. The first-order valence-corrected chi connectivity index (χ1v) is 4.29. The van der Waals surface area contributed by atoms with E-state index in [0.29, 0.717) is 5.56 Å². The van der Waals surface area contributed by atoms with E-state index in [1.54, 1.807) is 0 Å². The van der Waals surface area contributed by atoms with Gasteiger partial charge in [-0.05, 0) is 6.07 Å². The summed E-state index contributed by atoms with van der Waals surface area (Å²) in [5, 5.41) is -0.178. The molecular weight excluding hydrogens is 216 g/mol. The van der Waals surface area contributed by atoms with Gasteiger partial charge in [0.25, 0.3) is 0 Å². The van der Waals surface area contributed by atoms with E-state index in [1.165, 1.54) is 0 Å². The average molecular weight is 224 g/mol. The van der Waals surface area contributed by atoms with Crippen LogP contribution in [-0.4, -0.2) is 11.5 Å². The molecule has 1 aromatic rings.